The summed E-state index contributed by atoms with van der Waals surface area (Å²) < 4.78 is 7.96. The van der Waals surface area contributed by atoms with E-state index in [-0.39, 0.29) is 0 Å². The first-order chi connectivity index (χ1) is 14.8. The number of rotatable bonds is 7. The Morgan fingerprint density at radius 2 is 2.07 bits per heavy atom. The fourth-order valence-electron chi connectivity index (χ4n) is 4.30. The van der Waals surface area contributed by atoms with Crippen molar-refractivity contribution in [1.82, 2.24) is 24.5 Å². The molecule has 0 spiro atoms. The minimum absolute atomic E-state index is 0.717. The van der Waals surface area contributed by atoms with Crippen molar-refractivity contribution in [2.24, 2.45) is 0 Å². The fraction of sp³-hybridized carbons (Fsp3) is 0.391. The number of fused-ring (bicyclic) bond motifs is 2. The van der Waals surface area contributed by atoms with Gasteiger partial charge in [0.25, 0.3) is 0 Å². The molecule has 0 saturated carbocycles. The SMILES string of the molecule is Cc1c(OCCCN2CCCCC2)cn2ncnc(Nc3ccc4[nH]ccc4c3)c12. The predicted molar refractivity (Wildman–Crippen MR) is 120 cm³/mol. The van der Waals surface area contributed by atoms with E-state index in [1.54, 1.807) is 6.33 Å². The second kappa shape index (κ2) is 8.36. The van der Waals surface area contributed by atoms with Gasteiger partial charge < -0.3 is 19.9 Å². The molecule has 2 N–H and O–H groups in total. The topological polar surface area (TPSA) is 70.5 Å². The lowest BCUT2D eigenvalue weighted by molar-refractivity contribution is 0.204. The Hall–Kier alpha value is -3.06. The summed E-state index contributed by atoms with van der Waals surface area (Å²) in [6.07, 6.45) is 10.5. The van der Waals surface area contributed by atoms with Crippen molar-refractivity contribution in [3.63, 3.8) is 0 Å². The molecule has 30 heavy (non-hydrogen) atoms. The molecule has 4 heterocycles. The number of aromatic amines is 1. The number of anilines is 2. The molecular weight excluding hydrogens is 376 g/mol. The largest absolute Gasteiger partial charge is 0.492 e. The van der Waals surface area contributed by atoms with Gasteiger partial charge in [0, 0.05) is 34.9 Å². The Bertz CT molecular complexity index is 1140. The van der Waals surface area contributed by atoms with Crippen LogP contribution in [-0.4, -0.2) is 50.7 Å². The number of piperidine rings is 1. The monoisotopic (exact) mass is 404 g/mol. The van der Waals surface area contributed by atoms with Gasteiger partial charge in [-0.05, 0) is 63.5 Å². The van der Waals surface area contributed by atoms with Crippen LogP contribution in [0.4, 0.5) is 11.5 Å². The number of aromatic nitrogens is 4. The number of ether oxygens (including phenoxy) is 1. The zero-order valence-electron chi connectivity index (χ0n) is 17.4. The minimum atomic E-state index is 0.717. The predicted octanol–water partition coefficient (Wildman–Crippen LogP) is 4.52. The molecule has 0 bridgehead atoms. The van der Waals surface area contributed by atoms with Crippen molar-refractivity contribution in [2.75, 3.05) is 31.6 Å². The summed E-state index contributed by atoms with van der Waals surface area (Å²) in [5.41, 5.74) is 4.11. The van der Waals surface area contributed by atoms with Gasteiger partial charge in [0.1, 0.15) is 17.6 Å². The highest BCUT2D eigenvalue weighted by Crippen LogP contribution is 2.30. The summed E-state index contributed by atoms with van der Waals surface area (Å²) >= 11 is 0. The van der Waals surface area contributed by atoms with Crippen LogP contribution in [0.25, 0.3) is 16.4 Å². The zero-order valence-corrected chi connectivity index (χ0v) is 17.4. The lowest BCUT2D eigenvalue weighted by Gasteiger charge is -2.26. The first-order valence-electron chi connectivity index (χ1n) is 10.8. The van der Waals surface area contributed by atoms with E-state index in [9.17, 15) is 0 Å². The van der Waals surface area contributed by atoms with Crippen molar-refractivity contribution in [3.05, 3.63) is 48.5 Å². The number of aryl methyl sites for hydroxylation is 1. The molecule has 4 aromatic rings. The summed E-state index contributed by atoms with van der Waals surface area (Å²) in [6.45, 7) is 6.36. The molecule has 0 aliphatic carbocycles. The van der Waals surface area contributed by atoms with Gasteiger partial charge >= 0.3 is 0 Å². The van der Waals surface area contributed by atoms with Gasteiger partial charge in [0.2, 0.25) is 0 Å². The maximum absolute atomic E-state index is 6.12. The van der Waals surface area contributed by atoms with Gasteiger partial charge in [-0.3, -0.25) is 0 Å². The summed E-state index contributed by atoms with van der Waals surface area (Å²) in [5, 5.41) is 8.99. The lowest BCUT2D eigenvalue weighted by Crippen LogP contribution is -2.31. The molecule has 0 amide bonds. The number of likely N-dealkylation sites (tertiary alicyclic amines) is 1. The van der Waals surface area contributed by atoms with E-state index < -0.39 is 0 Å². The van der Waals surface area contributed by atoms with Crippen molar-refractivity contribution >= 4 is 27.9 Å². The van der Waals surface area contributed by atoms with Crippen molar-refractivity contribution in [3.8, 4) is 5.75 Å². The summed E-state index contributed by atoms with van der Waals surface area (Å²) in [4.78, 5) is 10.3. The number of nitrogens with zero attached hydrogens (tertiary/aromatic N) is 4. The van der Waals surface area contributed by atoms with Crippen LogP contribution in [0.3, 0.4) is 0 Å². The van der Waals surface area contributed by atoms with E-state index in [0.29, 0.717) is 6.61 Å². The molecular formula is C23H28N6O. The van der Waals surface area contributed by atoms with Crippen LogP contribution >= 0.6 is 0 Å². The van der Waals surface area contributed by atoms with E-state index in [0.717, 1.165) is 52.2 Å². The summed E-state index contributed by atoms with van der Waals surface area (Å²) in [7, 11) is 0. The van der Waals surface area contributed by atoms with E-state index in [1.807, 2.05) is 23.0 Å². The molecule has 7 nitrogen and oxygen atoms in total. The zero-order chi connectivity index (χ0) is 20.3. The molecule has 156 valence electrons. The Kier molecular flexibility index (Phi) is 5.27. The molecule has 3 aromatic heterocycles. The Balaban J connectivity index is 1.30. The van der Waals surface area contributed by atoms with E-state index in [4.69, 9.17) is 4.74 Å². The highest BCUT2D eigenvalue weighted by atomic mass is 16.5. The average Bonchev–Trinajstić information content (AvgIpc) is 3.36. The Morgan fingerprint density at radius 1 is 1.17 bits per heavy atom. The maximum atomic E-state index is 6.12. The molecule has 1 aromatic carbocycles. The molecule has 5 rings (SSSR count). The molecule has 0 radical (unpaired) electrons. The molecule has 1 fully saturated rings. The smallest absolute Gasteiger partial charge is 0.158 e. The normalized spacial score (nSPS) is 15.1. The van der Waals surface area contributed by atoms with E-state index >= 15 is 0 Å². The molecule has 1 aliphatic rings. The van der Waals surface area contributed by atoms with E-state index in [2.05, 4.69) is 50.4 Å². The minimum Gasteiger partial charge on any atom is -0.492 e. The van der Waals surface area contributed by atoms with Crippen LogP contribution in [0.2, 0.25) is 0 Å². The van der Waals surface area contributed by atoms with Crippen LogP contribution < -0.4 is 10.1 Å². The van der Waals surface area contributed by atoms with Crippen LogP contribution in [0.1, 0.15) is 31.2 Å². The van der Waals surface area contributed by atoms with Crippen LogP contribution in [0.5, 0.6) is 5.75 Å². The first-order valence-corrected chi connectivity index (χ1v) is 10.8. The van der Waals surface area contributed by atoms with Gasteiger partial charge in [0.15, 0.2) is 5.82 Å². The second-order valence-corrected chi connectivity index (χ2v) is 8.03. The number of H-pyrrole nitrogens is 1. The maximum Gasteiger partial charge on any atom is 0.158 e. The fourth-order valence-corrected chi connectivity index (χ4v) is 4.30. The Morgan fingerprint density at radius 3 is 2.97 bits per heavy atom. The number of benzene rings is 1. The van der Waals surface area contributed by atoms with Crippen molar-refractivity contribution in [2.45, 2.75) is 32.6 Å². The molecule has 1 aliphatic heterocycles. The summed E-state index contributed by atoms with van der Waals surface area (Å²) in [6, 6.07) is 8.29. The third kappa shape index (κ3) is 3.85. The molecule has 1 saturated heterocycles. The quantitative estimate of drug-likeness (QED) is 0.443. The van der Waals surface area contributed by atoms with Crippen LogP contribution in [-0.2, 0) is 0 Å². The third-order valence-electron chi connectivity index (χ3n) is 5.92. The Labute approximate surface area is 176 Å². The van der Waals surface area contributed by atoms with Crippen molar-refractivity contribution < 1.29 is 4.74 Å². The number of nitrogens with one attached hydrogen (secondary N) is 2. The highest BCUT2D eigenvalue weighted by Gasteiger charge is 2.15. The average molecular weight is 405 g/mol. The van der Waals surface area contributed by atoms with Gasteiger partial charge in [-0.25, -0.2) is 9.50 Å². The van der Waals surface area contributed by atoms with Crippen molar-refractivity contribution in [1.29, 1.82) is 0 Å². The van der Waals surface area contributed by atoms with Gasteiger partial charge in [0.05, 0.1) is 12.8 Å². The second-order valence-electron chi connectivity index (χ2n) is 8.03. The van der Waals surface area contributed by atoms with Crippen LogP contribution in [0, 0.1) is 6.92 Å². The molecule has 0 atom stereocenters. The third-order valence-corrected chi connectivity index (χ3v) is 5.92. The number of hydrogen-bond acceptors (Lipinski definition) is 5. The molecule has 0 unspecified atom stereocenters. The first kappa shape index (κ1) is 18.9. The standard InChI is InChI=1S/C23H28N6O/c1-17-21(30-13-5-12-28-10-3-2-4-11-28)15-29-22(17)23(25-16-26-29)27-19-6-7-20-18(14-19)8-9-24-20/h6-9,14-16,24H,2-5,10-13H2,1H3,(H,25,26,27). The van der Waals surface area contributed by atoms with E-state index in [1.165, 1.54) is 32.4 Å². The highest BCUT2D eigenvalue weighted by molar-refractivity contribution is 5.86. The number of hydrogen-bond donors (Lipinski definition) is 2. The summed E-state index contributed by atoms with van der Waals surface area (Å²) in [5.74, 6) is 1.65. The van der Waals surface area contributed by atoms with Gasteiger partial charge in [-0.15, -0.1) is 0 Å². The van der Waals surface area contributed by atoms with Gasteiger partial charge in [-0.2, -0.15) is 5.10 Å². The molecule has 7 heteroatoms. The van der Waals surface area contributed by atoms with Gasteiger partial charge in [-0.1, -0.05) is 6.42 Å². The van der Waals surface area contributed by atoms with Crippen LogP contribution in [0.15, 0.2) is 43.0 Å². The lowest BCUT2D eigenvalue weighted by atomic mass is 10.1.